The Labute approximate surface area is 130 Å². The second-order valence-electron chi connectivity index (χ2n) is 6.48. The monoisotopic (exact) mass is 340 g/mol. The molecule has 112 valence electrons. The summed E-state index contributed by atoms with van der Waals surface area (Å²) < 4.78 is 0.847. The fraction of sp³-hybridized carbons (Fsp3) is 0.733. The van der Waals surface area contributed by atoms with Gasteiger partial charge in [-0.25, -0.2) is 9.97 Å². The molecule has 20 heavy (non-hydrogen) atoms. The molecule has 1 saturated heterocycles. The first kappa shape index (κ1) is 15.7. The number of rotatable bonds is 5. The Hall–Kier alpha value is -0.680. The van der Waals surface area contributed by atoms with Crippen molar-refractivity contribution in [3.05, 3.63) is 16.5 Å². The lowest BCUT2D eigenvalue weighted by Gasteiger charge is -2.18. The van der Waals surface area contributed by atoms with Crippen molar-refractivity contribution in [2.75, 3.05) is 31.5 Å². The largest absolute Gasteiger partial charge is 0.370 e. The zero-order valence-electron chi connectivity index (χ0n) is 12.7. The summed E-state index contributed by atoms with van der Waals surface area (Å²) in [7, 11) is 0. The maximum absolute atomic E-state index is 4.61. The molecule has 0 aromatic carbocycles. The van der Waals surface area contributed by atoms with Gasteiger partial charge in [0.1, 0.15) is 16.2 Å². The Morgan fingerprint density at radius 3 is 2.60 bits per heavy atom. The summed E-state index contributed by atoms with van der Waals surface area (Å²) in [4.78, 5) is 11.6. The minimum Gasteiger partial charge on any atom is -0.370 e. The molecule has 1 aromatic rings. The van der Waals surface area contributed by atoms with Gasteiger partial charge in [0.25, 0.3) is 0 Å². The average molecular weight is 341 g/mol. The molecular formula is C15H25BrN4. The number of nitrogens with zero attached hydrogens (tertiary/aromatic N) is 3. The average Bonchev–Trinajstić information content (AvgIpc) is 2.86. The lowest BCUT2D eigenvalue weighted by atomic mass is 9.96. The van der Waals surface area contributed by atoms with Crippen molar-refractivity contribution < 1.29 is 0 Å². The highest BCUT2D eigenvalue weighted by Crippen LogP contribution is 2.22. The van der Waals surface area contributed by atoms with Gasteiger partial charge >= 0.3 is 0 Å². The van der Waals surface area contributed by atoms with Crippen molar-refractivity contribution >= 4 is 21.7 Å². The van der Waals surface area contributed by atoms with E-state index in [1.165, 1.54) is 32.5 Å². The first-order valence-corrected chi connectivity index (χ1v) is 8.26. The van der Waals surface area contributed by atoms with Crippen LogP contribution in [0.15, 0.2) is 10.7 Å². The highest BCUT2D eigenvalue weighted by molar-refractivity contribution is 9.10. The molecule has 1 aliphatic heterocycles. The van der Waals surface area contributed by atoms with Crippen LogP contribution in [0.4, 0.5) is 5.82 Å². The molecular weight excluding hydrogens is 316 g/mol. The molecule has 0 saturated carbocycles. The van der Waals surface area contributed by atoms with Gasteiger partial charge in [0.05, 0.1) is 0 Å². The molecule has 1 fully saturated rings. The molecule has 1 aliphatic rings. The number of aromatic nitrogens is 2. The Bertz CT molecular complexity index is 436. The Morgan fingerprint density at radius 1 is 1.25 bits per heavy atom. The van der Waals surface area contributed by atoms with Crippen LogP contribution in [-0.4, -0.2) is 41.0 Å². The van der Waals surface area contributed by atoms with Crippen LogP contribution in [0.2, 0.25) is 0 Å². The SMILES string of the molecule is CC(C)(C)c1nc(Br)cc(NCCCN2CCCC2)n1. The van der Waals surface area contributed by atoms with E-state index in [0.29, 0.717) is 0 Å². The minimum absolute atomic E-state index is 0.0320. The van der Waals surface area contributed by atoms with E-state index < -0.39 is 0 Å². The molecule has 0 atom stereocenters. The van der Waals surface area contributed by atoms with Gasteiger partial charge in [0, 0.05) is 18.0 Å². The van der Waals surface area contributed by atoms with E-state index in [-0.39, 0.29) is 5.41 Å². The molecule has 0 bridgehead atoms. The predicted octanol–water partition coefficient (Wildman–Crippen LogP) is 3.43. The van der Waals surface area contributed by atoms with Crippen molar-refractivity contribution in [3.8, 4) is 0 Å². The first-order valence-electron chi connectivity index (χ1n) is 7.46. The molecule has 1 aromatic heterocycles. The van der Waals surface area contributed by atoms with Gasteiger partial charge in [-0.2, -0.15) is 0 Å². The summed E-state index contributed by atoms with van der Waals surface area (Å²) in [5.74, 6) is 1.78. The third-order valence-electron chi connectivity index (χ3n) is 3.52. The quantitative estimate of drug-likeness (QED) is 0.658. The van der Waals surface area contributed by atoms with Crippen LogP contribution in [0.3, 0.4) is 0 Å². The number of hydrogen-bond donors (Lipinski definition) is 1. The molecule has 0 unspecified atom stereocenters. The normalized spacial score (nSPS) is 16.6. The van der Waals surface area contributed by atoms with Crippen LogP contribution in [0.1, 0.15) is 45.9 Å². The lowest BCUT2D eigenvalue weighted by Crippen LogP contribution is -2.22. The predicted molar refractivity (Wildman–Crippen MR) is 87.2 cm³/mol. The standard InChI is InChI=1S/C15H25BrN4/c1-15(2,3)14-18-12(16)11-13(19-14)17-7-6-10-20-8-4-5-9-20/h11H,4-10H2,1-3H3,(H,17,18,19). The second kappa shape index (κ2) is 6.85. The van der Waals surface area contributed by atoms with Crippen molar-refractivity contribution in [1.29, 1.82) is 0 Å². The number of anilines is 1. The van der Waals surface area contributed by atoms with Crippen molar-refractivity contribution in [1.82, 2.24) is 14.9 Å². The van der Waals surface area contributed by atoms with E-state index in [4.69, 9.17) is 0 Å². The molecule has 4 nitrogen and oxygen atoms in total. The maximum Gasteiger partial charge on any atom is 0.137 e. The van der Waals surface area contributed by atoms with Gasteiger partial charge in [-0.3, -0.25) is 0 Å². The lowest BCUT2D eigenvalue weighted by molar-refractivity contribution is 0.337. The van der Waals surface area contributed by atoms with Gasteiger partial charge < -0.3 is 10.2 Å². The van der Waals surface area contributed by atoms with Gasteiger partial charge in [0.2, 0.25) is 0 Å². The van der Waals surface area contributed by atoms with Crippen LogP contribution >= 0.6 is 15.9 Å². The molecule has 0 radical (unpaired) electrons. The second-order valence-corrected chi connectivity index (χ2v) is 7.29. The van der Waals surface area contributed by atoms with Gasteiger partial charge in [-0.15, -0.1) is 0 Å². The van der Waals surface area contributed by atoms with Gasteiger partial charge in [-0.1, -0.05) is 20.8 Å². The molecule has 0 amide bonds. The van der Waals surface area contributed by atoms with E-state index >= 15 is 0 Å². The Balaban J connectivity index is 1.84. The maximum atomic E-state index is 4.61. The van der Waals surface area contributed by atoms with Crippen molar-refractivity contribution in [2.24, 2.45) is 0 Å². The zero-order chi connectivity index (χ0) is 14.6. The summed E-state index contributed by atoms with van der Waals surface area (Å²) in [6, 6.07) is 1.95. The fourth-order valence-corrected chi connectivity index (χ4v) is 2.75. The number of hydrogen-bond acceptors (Lipinski definition) is 4. The summed E-state index contributed by atoms with van der Waals surface area (Å²) in [5, 5.41) is 3.41. The molecule has 2 heterocycles. The van der Waals surface area contributed by atoms with Gasteiger partial charge in [0.15, 0.2) is 0 Å². The fourth-order valence-electron chi connectivity index (χ4n) is 2.37. The van der Waals surface area contributed by atoms with Crippen LogP contribution in [0, 0.1) is 0 Å². The van der Waals surface area contributed by atoms with Crippen LogP contribution < -0.4 is 5.32 Å². The third kappa shape index (κ3) is 4.70. The topological polar surface area (TPSA) is 41.1 Å². The highest BCUT2D eigenvalue weighted by atomic mass is 79.9. The summed E-state index contributed by atoms with van der Waals surface area (Å²) in [6.07, 6.45) is 3.88. The Morgan fingerprint density at radius 2 is 1.95 bits per heavy atom. The van der Waals surface area contributed by atoms with E-state index in [1.54, 1.807) is 0 Å². The summed E-state index contributed by atoms with van der Waals surface area (Å²) >= 11 is 3.47. The highest BCUT2D eigenvalue weighted by Gasteiger charge is 2.18. The van der Waals surface area contributed by atoms with E-state index in [2.05, 4.69) is 56.9 Å². The van der Waals surface area contributed by atoms with Crippen LogP contribution in [0.5, 0.6) is 0 Å². The number of halogens is 1. The smallest absolute Gasteiger partial charge is 0.137 e. The molecule has 5 heteroatoms. The molecule has 0 spiro atoms. The van der Waals surface area contributed by atoms with E-state index in [1.807, 2.05) is 6.07 Å². The zero-order valence-corrected chi connectivity index (χ0v) is 14.3. The summed E-state index contributed by atoms with van der Waals surface area (Å²) in [6.45, 7) is 11.1. The molecule has 0 aliphatic carbocycles. The van der Waals surface area contributed by atoms with Crippen LogP contribution in [0.25, 0.3) is 0 Å². The van der Waals surface area contributed by atoms with E-state index in [0.717, 1.165) is 29.2 Å². The number of likely N-dealkylation sites (tertiary alicyclic amines) is 1. The van der Waals surface area contributed by atoms with E-state index in [9.17, 15) is 0 Å². The Kier molecular flexibility index (Phi) is 5.38. The first-order chi connectivity index (χ1) is 9.45. The van der Waals surface area contributed by atoms with Crippen molar-refractivity contribution in [2.45, 2.75) is 45.4 Å². The summed E-state index contributed by atoms with van der Waals surface area (Å²) in [5.41, 5.74) is -0.0320. The molecule has 2 rings (SSSR count). The minimum atomic E-state index is -0.0320. The van der Waals surface area contributed by atoms with Gasteiger partial charge in [-0.05, 0) is 54.8 Å². The number of nitrogens with one attached hydrogen (secondary N) is 1. The third-order valence-corrected chi connectivity index (χ3v) is 3.93. The van der Waals surface area contributed by atoms with Crippen LogP contribution in [-0.2, 0) is 5.41 Å². The molecule has 1 N–H and O–H groups in total. The van der Waals surface area contributed by atoms with Crippen molar-refractivity contribution in [3.63, 3.8) is 0 Å².